The smallest absolute Gasteiger partial charge is 0.265 e. The van der Waals surface area contributed by atoms with E-state index in [4.69, 9.17) is 4.74 Å². The summed E-state index contributed by atoms with van der Waals surface area (Å²) in [5, 5.41) is 7.50. The molecule has 152 valence electrons. The number of benzene rings is 2. The number of methoxy groups -OCH3 is 1. The first-order valence-corrected chi connectivity index (χ1v) is 12.3. The van der Waals surface area contributed by atoms with Gasteiger partial charge in [-0.1, -0.05) is 28.1 Å². The Balaban J connectivity index is 1.85. The van der Waals surface area contributed by atoms with Crippen LogP contribution in [0.15, 0.2) is 69.0 Å². The minimum Gasteiger partial charge on any atom is -0.495 e. The van der Waals surface area contributed by atoms with Crippen molar-refractivity contribution < 1.29 is 21.6 Å². The maximum Gasteiger partial charge on any atom is 0.265 e. The van der Waals surface area contributed by atoms with Crippen LogP contribution in [0.4, 0.5) is 5.69 Å². The third-order valence-corrected chi connectivity index (χ3v) is 6.74. The highest BCUT2D eigenvalue weighted by atomic mass is 79.9. The van der Waals surface area contributed by atoms with Crippen molar-refractivity contribution in [1.82, 2.24) is 10.2 Å². The molecule has 3 rings (SSSR count). The predicted octanol–water partition coefficient (Wildman–Crippen LogP) is 3.12. The molecule has 2 aromatic carbocycles. The van der Waals surface area contributed by atoms with Gasteiger partial charge < -0.3 is 4.74 Å². The normalized spacial score (nSPS) is 11.8. The molecule has 0 unspecified atom stereocenters. The maximum atomic E-state index is 12.7. The molecule has 0 aliphatic heterocycles. The van der Waals surface area contributed by atoms with Crippen molar-refractivity contribution in [2.45, 2.75) is 9.92 Å². The third kappa shape index (κ3) is 4.92. The molecule has 3 aromatic rings. The van der Waals surface area contributed by atoms with Crippen LogP contribution in [-0.2, 0) is 19.9 Å². The molecule has 1 aromatic heterocycles. The fourth-order valence-electron chi connectivity index (χ4n) is 2.45. The van der Waals surface area contributed by atoms with Crippen LogP contribution in [0.1, 0.15) is 0 Å². The van der Waals surface area contributed by atoms with Gasteiger partial charge in [-0.25, -0.2) is 16.8 Å². The van der Waals surface area contributed by atoms with Gasteiger partial charge in [0.2, 0.25) is 0 Å². The molecular weight excluding hydrogens is 482 g/mol. The average Bonchev–Trinajstić information content (AvgIpc) is 2.68. The number of sulfone groups is 1. The lowest BCUT2D eigenvalue weighted by atomic mass is 10.1. The molecule has 0 saturated heterocycles. The summed E-state index contributed by atoms with van der Waals surface area (Å²) in [7, 11) is -5.91. The van der Waals surface area contributed by atoms with Crippen molar-refractivity contribution in [3.05, 3.63) is 59.1 Å². The van der Waals surface area contributed by atoms with E-state index in [0.717, 1.165) is 6.26 Å². The third-order valence-electron chi connectivity index (χ3n) is 3.87. The highest BCUT2D eigenvalue weighted by Gasteiger charge is 2.20. The lowest BCUT2D eigenvalue weighted by Gasteiger charge is -2.12. The zero-order chi connectivity index (χ0) is 21.2. The first-order chi connectivity index (χ1) is 13.6. The Kier molecular flexibility index (Phi) is 5.92. The molecule has 0 bridgehead atoms. The summed E-state index contributed by atoms with van der Waals surface area (Å²) in [5.74, 6) is 0.221. The molecule has 1 N–H and O–H groups in total. The molecule has 0 radical (unpaired) electrons. The average molecular weight is 498 g/mol. The lowest BCUT2D eigenvalue weighted by Crippen LogP contribution is -2.14. The molecule has 0 spiro atoms. The van der Waals surface area contributed by atoms with Crippen molar-refractivity contribution in [2.75, 3.05) is 18.1 Å². The second-order valence-electron chi connectivity index (χ2n) is 6.01. The van der Waals surface area contributed by atoms with E-state index >= 15 is 0 Å². The number of rotatable bonds is 6. The van der Waals surface area contributed by atoms with Gasteiger partial charge in [0.15, 0.2) is 14.9 Å². The molecule has 0 amide bonds. The van der Waals surface area contributed by atoms with E-state index in [9.17, 15) is 16.8 Å². The van der Waals surface area contributed by atoms with E-state index in [-0.39, 0.29) is 15.7 Å². The second kappa shape index (κ2) is 8.09. The number of ether oxygens (including phenoxy) is 1. The van der Waals surface area contributed by atoms with Crippen LogP contribution in [0.2, 0.25) is 0 Å². The van der Waals surface area contributed by atoms with E-state index in [1.807, 2.05) is 0 Å². The fourth-order valence-corrected chi connectivity index (χ4v) is 4.72. The van der Waals surface area contributed by atoms with Gasteiger partial charge in [-0.2, -0.15) is 0 Å². The topological polar surface area (TPSA) is 115 Å². The molecule has 8 nitrogen and oxygen atoms in total. The Bertz CT molecular complexity index is 1240. The number of anilines is 1. The molecular formula is C18H16BrN3O5S2. The zero-order valence-electron chi connectivity index (χ0n) is 15.3. The van der Waals surface area contributed by atoms with E-state index in [1.54, 1.807) is 36.4 Å². The summed E-state index contributed by atoms with van der Waals surface area (Å²) in [4.78, 5) is 0.000631. The summed E-state index contributed by atoms with van der Waals surface area (Å²) in [6, 6.07) is 14.0. The molecule has 0 atom stereocenters. The molecule has 0 fully saturated rings. The predicted molar refractivity (Wildman–Crippen MR) is 112 cm³/mol. The Morgan fingerprint density at radius 2 is 1.62 bits per heavy atom. The quantitative estimate of drug-likeness (QED) is 0.555. The van der Waals surface area contributed by atoms with Crippen molar-refractivity contribution in [3.8, 4) is 17.0 Å². The number of hydrogen-bond donors (Lipinski definition) is 1. The summed E-state index contributed by atoms with van der Waals surface area (Å²) >= 11 is 3.26. The molecule has 29 heavy (non-hydrogen) atoms. The summed E-state index contributed by atoms with van der Waals surface area (Å²) in [5.41, 5.74) is 1.46. The van der Waals surface area contributed by atoms with Crippen molar-refractivity contribution in [2.24, 2.45) is 0 Å². The van der Waals surface area contributed by atoms with Crippen LogP contribution in [0, 0.1) is 0 Å². The van der Waals surface area contributed by atoms with Crippen molar-refractivity contribution >= 4 is 41.5 Å². The van der Waals surface area contributed by atoms with Crippen molar-refractivity contribution in [1.29, 1.82) is 0 Å². The molecule has 0 aliphatic rings. The zero-order valence-corrected chi connectivity index (χ0v) is 18.5. The van der Waals surface area contributed by atoms with Gasteiger partial charge in [-0.15, -0.1) is 10.2 Å². The molecule has 0 saturated carbocycles. The van der Waals surface area contributed by atoms with E-state index in [0.29, 0.717) is 21.4 Å². The van der Waals surface area contributed by atoms with Gasteiger partial charge in [0.25, 0.3) is 10.0 Å². The standard InChI is InChI=1S/C18H16BrN3O5S2/c1-27-16-9-5-13(19)11-17(16)29(25,26)22-14-6-3-12(4-7-14)15-8-10-18(21-20-15)28(2,23)24/h3-11,22H,1-2H3. The van der Waals surface area contributed by atoms with Crippen molar-refractivity contribution in [3.63, 3.8) is 0 Å². The number of nitrogens with zero attached hydrogens (tertiary/aromatic N) is 2. The van der Waals surface area contributed by atoms with Gasteiger partial charge in [0.05, 0.1) is 12.8 Å². The van der Waals surface area contributed by atoms with Gasteiger partial charge in [0.1, 0.15) is 10.6 Å². The van der Waals surface area contributed by atoms with Crippen LogP contribution < -0.4 is 9.46 Å². The van der Waals surface area contributed by atoms with Crippen LogP contribution in [0.5, 0.6) is 5.75 Å². The SMILES string of the molecule is COc1ccc(Br)cc1S(=O)(=O)Nc1ccc(-c2ccc(S(C)(=O)=O)nn2)cc1. The van der Waals surface area contributed by atoms with Crippen LogP contribution >= 0.6 is 15.9 Å². The number of halogens is 1. The van der Waals surface area contributed by atoms with Gasteiger partial charge >= 0.3 is 0 Å². The van der Waals surface area contributed by atoms with Gasteiger partial charge in [0, 0.05) is 22.0 Å². The summed E-state index contributed by atoms with van der Waals surface area (Å²) < 4.78 is 56.6. The lowest BCUT2D eigenvalue weighted by molar-refractivity contribution is 0.403. The highest BCUT2D eigenvalue weighted by molar-refractivity contribution is 9.10. The Labute approximate surface area is 177 Å². The monoisotopic (exact) mass is 497 g/mol. The number of sulfonamides is 1. The van der Waals surface area contributed by atoms with Crippen LogP contribution in [-0.4, -0.2) is 40.4 Å². The maximum absolute atomic E-state index is 12.7. The Morgan fingerprint density at radius 1 is 0.931 bits per heavy atom. The van der Waals surface area contributed by atoms with E-state index in [2.05, 4.69) is 30.8 Å². The van der Waals surface area contributed by atoms with Crippen LogP contribution in [0.25, 0.3) is 11.3 Å². The second-order valence-corrected chi connectivity index (χ2v) is 10.5. The largest absolute Gasteiger partial charge is 0.495 e. The minimum absolute atomic E-state index is 0.000631. The molecule has 1 heterocycles. The first kappa shape index (κ1) is 21.2. The Morgan fingerprint density at radius 3 is 2.17 bits per heavy atom. The summed E-state index contributed by atoms with van der Waals surface area (Å²) in [6.07, 6.45) is 1.05. The van der Waals surface area contributed by atoms with E-state index in [1.165, 1.54) is 25.3 Å². The highest BCUT2D eigenvalue weighted by Crippen LogP contribution is 2.29. The Hall–Kier alpha value is -2.50. The summed E-state index contributed by atoms with van der Waals surface area (Å²) in [6.45, 7) is 0. The minimum atomic E-state index is -3.88. The molecule has 0 aliphatic carbocycles. The fraction of sp³-hybridized carbons (Fsp3) is 0.111. The van der Waals surface area contributed by atoms with E-state index < -0.39 is 19.9 Å². The number of hydrogen-bond acceptors (Lipinski definition) is 7. The molecule has 11 heteroatoms. The number of aromatic nitrogens is 2. The van der Waals surface area contributed by atoms with Crippen LogP contribution in [0.3, 0.4) is 0 Å². The first-order valence-electron chi connectivity index (χ1n) is 8.11. The van der Waals surface area contributed by atoms with Gasteiger partial charge in [-0.05, 0) is 42.5 Å². The van der Waals surface area contributed by atoms with Gasteiger partial charge in [-0.3, -0.25) is 4.72 Å². The number of nitrogens with one attached hydrogen (secondary N) is 1.